The summed E-state index contributed by atoms with van der Waals surface area (Å²) in [5, 5.41) is 21.3. The van der Waals surface area contributed by atoms with E-state index in [0.29, 0.717) is 25.7 Å². The highest BCUT2D eigenvalue weighted by Gasteiger charge is 2.56. The first-order valence-electron chi connectivity index (χ1n) is 11.3. The smallest absolute Gasteiger partial charge is 0.305 e. The Morgan fingerprint density at radius 2 is 2.07 bits per heavy atom. The molecule has 0 aromatic carbocycles. The van der Waals surface area contributed by atoms with Gasteiger partial charge >= 0.3 is 5.97 Å². The molecule has 3 fully saturated rings. The monoisotopic (exact) mass is 538 g/mol. The number of rotatable bonds is 8. The van der Waals surface area contributed by atoms with Crippen LogP contribution in [0.15, 0.2) is 12.2 Å². The fraction of sp³-hybridized carbons (Fsp3) is 0.870. The molecular formula is C23H36FIO5. The van der Waals surface area contributed by atoms with Crippen molar-refractivity contribution in [2.24, 2.45) is 17.3 Å². The Hall–Kier alpha value is -0.250. The molecule has 30 heavy (non-hydrogen) atoms. The lowest BCUT2D eigenvalue weighted by molar-refractivity contribution is -0.140. The van der Waals surface area contributed by atoms with Gasteiger partial charge in [0.25, 0.3) is 0 Å². The number of hydrogen-bond acceptors (Lipinski definition) is 5. The second-order valence-corrected chi connectivity index (χ2v) is 11.2. The highest BCUT2D eigenvalue weighted by atomic mass is 127. The average Bonchev–Trinajstić information content (AvgIpc) is 3.21. The molecule has 7 heteroatoms. The van der Waals surface area contributed by atoms with E-state index in [1.165, 1.54) is 13.5 Å². The molecule has 1 heterocycles. The zero-order chi connectivity index (χ0) is 21.9. The highest BCUT2D eigenvalue weighted by molar-refractivity contribution is 14.1. The molecule has 0 aromatic heterocycles. The van der Waals surface area contributed by atoms with Gasteiger partial charge in [0, 0.05) is 28.6 Å². The molecule has 5 nitrogen and oxygen atoms in total. The molecule has 3 rings (SSSR count). The van der Waals surface area contributed by atoms with Crippen LogP contribution in [0.1, 0.15) is 64.7 Å². The van der Waals surface area contributed by atoms with Crippen molar-refractivity contribution >= 4 is 28.6 Å². The van der Waals surface area contributed by atoms with Gasteiger partial charge in [-0.25, -0.2) is 4.39 Å². The first kappa shape index (κ1) is 24.4. The minimum atomic E-state index is -1.16. The van der Waals surface area contributed by atoms with E-state index in [1.54, 1.807) is 6.08 Å². The van der Waals surface area contributed by atoms with Crippen LogP contribution in [0.2, 0.25) is 0 Å². The predicted octanol–water partition coefficient (Wildman–Crippen LogP) is 4.12. The molecule has 3 unspecified atom stereocenters. The lowest BCUT2D eigenvalue weighted by Gasteiger charge is -2.36. The summed E-state index contributed by atoms with van der Waals surface area (Å²) in [7, 11) is 1.37. The molecule has 2 N–H and O–H groups in total. The van der Waals surface area contributed by atoms with Crippen LogP contribution in [0.4, 0.5) is 4.39 Å². The highest BCUT2D eigenvalue weighted by Crippen LogP contribution is 2.48. The zero-order valence-electron chi connectivity index (χ0n) is 18.0. The number of aliphatic hydroxyl groups excluding tert-OH is 2. The van der Waals surface area contributed by atoms with Crippen molar-refractivity contribution in [2.45, 2.75) is 99.2 Å². The van der Waals surface area contributed by atoms with Gasteiger partial charge in [0.15, 0.2) is 0 Å². The fourth-order valence-electron chi connectivity index (χ4n) is 5.49. The molecule has 0 amide bonds. The van der Waals surface area contributed by atoms with Crippen molar-refractivity contribution in [1.29, 1.82) is 0 Å². The molecule has 0 radical (unpaired) electrons. The van der Waals surface area contributed by atoms with Crippen LogP contribution in [0.3, 0.4) is 0 Å². The van der Waals surface area contributed by atoms with E-state index in [0.717, 1.165) is 25.7 Å². The molecule has 2 saturated carbocycles. The number of alkyl halides is 2. The second kappa shape index (κ2) is 10.6. The van der Waals surface area contributed by atoms with Gasteiger partial charge in [-0.05, 0) is 31.1 Å². The summed E-state index contributed by atoms with van der Waals surface area (Å²) in [5.74, 6) is -0.973. The summed E-state index contributed by atoms with van der Waals surface area (Å²) < 4.78 is 26.0. The minimum absolute atomic E-state index is 0.0404. The van der Waals surface area contributed by atoms with E-state index >= 15 is 4.39 Å². The lowest BCUT2D eigenvalue weighted by Crippen LogP contribution is -2.35. The average molecular weight is 538 g/mol. The van der Waals surface area contributed by atoms with E-state index in [2.05, 4.69) is 34.3 Å². The Kier molecular flexibility index (Phi) is 8.60. The zero-order valence-corrected chi connectivity index (χ0v) is 20.2. The van der Waals surface area contributed by atoms with Crippen LogP contribution in [0.25, 0.3) is 0 Å². The molecule has 1 saturated heterocycles. The van der Waals surface area contributed by atoms with Gasteiger partial charge in [-0.3, -0.25) is 4.79 Å². The maximum atomic E-state index is 15.4. The van der Waals surface area contributed by atoms with E-state index in [1.807, 2.05) is 6.08 Å². The molecule has 0 spiro atoms. The Balaban J connectivity index is 1.59. The lowest BCUT2D eigenvalue weighted by atomic mass is 9.71. The van der Waals surface area contributed by atoms with Crippen LogP contribution in [-0.4, -0.2) is 57.8 Å². The van der Waals surface area contributed by atoms with Gasteiger partial charge in [0.2, 0.25) is 0 Å². The number of hydrogen-bond donors (Lipinski definition) is 2. The topological polar surface area (TPSA) is 76.0 Å². The molecule has 0 bridgehead atoms. The SMILES string of the molecule is COC(=O)CCCC(I)C1O[C@H]2C[C@@H](O)[C@H](C=CC(O)C3(C)CCCCC3)[C@H]2[C@@H]1F. The maximum Gasteiger partial charge on any atom is 0.305 e. The van der Waals surface area contributed by atoms with Gasteiger partial charge in [0.1, 0.15) is 12.3 Å². The number of halogens is 2. The van der Waals surface area contributed by atoms with Crippen molar-refractivity contribution in [3.05, 3.63) is 12.2 Å². The normalized spacial score (nSPS) is 37.8. The predicted molar refractivity (Wildman–Crippen MR) is 121 cm³/mol. The van der Waals surface area contributed by atoms with E-state index in [9.17, 15) is 15.0 Å². The summed E-state index contributed by atoms with van der Waals surface area (Å²) in [6, 6.07) is 0. The van der Waals surface area contributed by atoms with E-state index in [4.69, 9.17) is 4.74 Å². The number of ether oxygens (including phenoxy) is 2. The van der Waals surface area contributed by atoms with Crippen LogP contribution in [0.5, 0.6) is 0 Å². The van der Waals surface area contributed by atoms with Crippen molar-refractivity contribution in [1.82, 2.24) is 0 Å². The number of aliphatic hydroxyl groups is 2. The van der Waals surface area contributed by atoms with Gasteiger partial charge in [-0.15, -0.1) is 0 Å². The first-order chi connectivity index (χ1) is 14.3. The van der Waals surface area contributed by atoms with E-state index < -0.39 is 24.5 Å². The minimum Gasteiger partial charge on any atom is -0.469 e. The van der Waals surface area contributed by atoms with Gasteiger partial charge in [-0.2, -0.15) is 0 Å². The summed E-state index contributed by atoms with van der Waals surface area (Å²) in [5.41, 5.74) is -0.130. The third-order valence-electron chi connectivity index (χ3n) is 7.48. The molecule has 8 atom stereocenters. The molecule has 2 aliphatic carbocycles. The quantitative estimate of drug-likeness (QED) is 0.211. The summed E-state index contributed by atoms with van der Waals surface area (Å²) in [4.78, 5) is 11.3. The summed E-state index contributed by atoms with van der Waals surface area (Å²) in [6.07, 6.45) is 7.98. The molecule has 3 aliphatic rings. The first-order valence-corrected chi connectivity index (χ1v) is 12.6. The van der Waals surface area contributed by atoms with Crippen molar-refractivity contribution < 1.29 is 28.9 Å². The second-order valence-electron chi connectivity index (χ2n) is 9.57. The van der Waals surface area contributed by atoms with Crippen molar-refractivity contribution in [3.63, 3.8) is 0 Å². The standard InChI is InChI=1S/C23H36FIO5/c1-23(11-4-3-5-12-23)18(27)10-9-14-16(26)13-17-20(14)21(24)22(30-17)15(25)7-6-8-19(28)29-2/h9-10,14-18,20-22,26-27H,3-8,11-13H2,1-2H3/t14-,15?,16+,17-,18?,20+,21-,22?/m0/s1. The third kappa shape index (κ3) is 5.38. The van der Waals surface area contributed by atoms with Gasteiger partial charge in [-0.1, -0.05) is 60.9 Å². The van der Waals surface area contributed by atoms with Gasteiger partial charge in [0.05, 0.1) is 25.4 Å². The Morgan fingerprint density at radius 1 is 1.37 bits per heavy atom. The maximum absolute atomic E-state index is 15.4. The summed E-state index contributed by atoms with van der Waals surface area (Å²) >= 11 is 2.22. The molecule has 172 valence electrons. The Labute approximate surface area is 192 Å². The number of methoxy groups -OCH3 is 1. The van der Waals surface area contributed by atoms with Crippen LogP contribution in [0, 0.1) is 17.3 Å². The molecular weight excluding hydrogens is 502 g/mol. The third-order valence-corrected chi connectivity index (χ3v) is 8.81. The van der Waals surface area contributed by atoms with Crippen LogP contribution < -0.4 is 0 Å². The Morgan fingerprint density at radius 3 is 2.73 bits per heavy atom. The fourth-order valence-corrected chi connectivity index (χ4v) is 6.49. The van der Waals surface area contributed by atoms with E-state index in [-0.39, 0.29) is 33.2 Å². The van der Waals surface area contributed by atoms with Crippen molar-refractivity contribution in [3.8, 4) is 0 Å². The number of carbonyl (C=O) groups excluding carboxylic acids is 1. The van der Waals surface area contributed by atoms with Crippen molar-refractivity contribution in [2.75, 3.05) is 7.11 Å². The number of esters is 1. The molecule has 0 aromatic rings. The van der Waals surface area contributed by atoms with Crippen LogP contribution >= 0.6 is 22.6 Å². The number of carbonyl (C=O) groups is 1. The summed E-state index contributed by atoms with van der Waals surface area (Å²) in [6.45, 7) is 2.12. The largest absolute Gasteiger partial charge is 0.469 e. The molecule has 1 aliphatic heterocycles. The van der Waals surface area contributed by atoms with Crippen LogP contribution in [-0.2, 0) is 14.3 Å². The number of fused-ring (bicyclic) bond motifs is 1. The van der Waals surface area contributed by atoms with Gasteiger partial charge < -0.3 is 19.7 Å². The Bertz CT molecular complexity index is 608.